The maximum Gasteiger partial charge on any atom is 0.519 e. The highest BCUT2D eigenvalue weighted by Crippen LogP contribution is 2.47. The lowest BCUT2D eigenvalue weighted by atomic mass is 9.65. The van der Waals surface area contributed by atoms with Gasteiger partial charge in [0.15, 0.2) is 28.1 Å². The minimum absolute atomic E-state index is 0.0399. The summed E-state index contributed by atoms with van der Waals surface area (Å²) in [6, 6.07) is 48.6. The lowest BCUT2D eigenvalue weighted by Crippen LogP contribution is -2.52. The summed E-state index contributed by atoms with van der Waals surface area (Å²) in [7, 11) is -5.12. The Balaban J connectivity index is 0.762. The van der Waals surface area contributed by atoms with Crippen molar-refractivity contribution in [1.29, 1.82) is 0 Å². The largest absolute Gasteiger partial charge is 0.519 e. The van der Waals surface area contributed by atoms with Gasteiger partial charge >= 0.3 is 20.9 Å². The van der Waals surface area contributed by atoms with E-state index in [0.717, 1.165) is 74.6 Å². The van der Waals surface area contributed by atoms with Crippen LogP contribution in [0.1, 0.15) is 122 Å². The number of aliphatic hydroxyl groups excluding tert-OH is 1. The second-order valence-electron chi connectivity index (χ2n) is 23.4. The summed E-state index contributed by atoms with van der Waals surface area (Å²) in [5, 5.41) is 10.3. The predicted molar refractivity (Wildman–Crippen MR) is 318 cm³/mol. The Hall–Kier alpha value is -5.81. The Morgan fingerprint density at radius 3 is 1.37 bits per heavy atom. The van der Waals surface area contributed by atoms with Crippen molar-refractivity contribution >= 4 is 37.5 Å². The number of hydrogen-bond acceptors (Lipinski definition) is 10. The van der Waals surface area contributed by atoms with E-state index in [9.17, 15) is 14.7 Å². The number of aliphatic hydroxyl groups is 1. The molecule has 0 aliphatic heterocycles. The molecule has 414 valence electrons. The molecule has 0 unspecified atom stereocenters. The lowest BCUT2D eigenvalue weighted by Gasteiger charge is -2.39. The van der Waals surface area contributed by atoms with Gasteiger partial charge in [0.2, 0.25) is 0 Å². The second kappa shape index (κ2) is 26.0. The first-order valence-electron chi connectivity index (χ1n) is 28.3. The molecule has 10 nitrogen and oxygen atoms in total. The van der Waals surface area contributed by atoms with Gasteiger partial charge in [-0.15, -0.1) is 0 Å². The van der Waals surface area contributed by atoms with Crippen LogP contribution in [0.4, 0.5) is 9.59 Å². The van der Waals surface area contributed by atoms with Crippen LogP contribution in [0.5, 0.6) is 28.7 Å². The van der Waals surface area contributed by atoms with Gasteiger partial charge in [-0.3, -0.25) is 0 Å². The van der Waals surface area contributed by atoms with Gasteiger partial charge in [0, 0.05) is 16.4 Å². The molecular formula is C65H82O10Si3. The molecule has 2 aliphatic rings. The molecule has 0 amide bonds. The van der Waals surface area contributed by atoms with E-state index in [-0.39, 0.29) is 23.2 Å². The molecule has 6 aromatic rings. The third kappa shape index (κ3) is 15.3. The van der Waals surface area contributed by atoms with Gasteiger partial charge in [0.05, 0.1) is 13.7 Å². The van der Waals surface area contributed by atoms with Crippen LogP contribution in [0.2, 0.25) is 51.4 Å². The Morgan fingerprint density at radius 2 is 0.910 bits per heavy atom. The molecular weight excluding hydrogens is 1020 g/mol. The first-order valence-corrected chi connectivity index (χ1v) is 37.4. The number of aryl methyl sites for hydroxylation is 3. The maximum absolute atomic E-state index is 13.1. The molecule has 0 saturated heterocycles. The van der Waals surface area contributed by atoms with Crippen LogP contribution in [0.15, 0.2) is 140 Å². The van der Waals surface area contributed by atoms with Crippen LogP contribution < -0.4 is 23.7 Å². The first kappa shape index (κ1) is 58.3. The highest BCUT2D eigenvalue weighted by atomic mass is 28.5. The average Bonchev–Trinajstić information content (AvgIpc) is 3.49. The van der Waals surface area contributed by atoms with Crippen molar-refractivity contribution in [2.24, 2.45) is 0 Å². The maximum atomic E-state index is 13.1. The van der Waals surface area contributed by atoms with Crippen molar-refractivity contribution in [2.75, 3.05) is 7.11 Å². The average molecular weight is 1110 g/mol. The monoisotopic (exact) mass is 1110 g/mol. The summed E-state index contributed by atoms with van der Waals surface area (Å²) in [4.78, 5) is 26.1. The van der Waals surface area contributed by atoms with Crippen molar-refractivity contribution in [3.63, 3.8) is 0 Å². The third-order valence-corrected chi connectivity index (χ3v) is 27.5. The minimum Gasteiger partial charge on any atom is -0.493 e. The smallest absolute Gasteiger partial charge is 0.493 e. The predicted octanol–water partition coefficient (Wildman–Crippen LogP) is 16.9. The fraction of sp³-hybridized carbons (Fsp3) is 0.415. The van der Waals surface area contributed by atoms with Gasteiger partial charge in [-0.2, -0.15) is 0 Å². The molecule has 8 rings (SSSR count). The van der Waals surface area contributed by atoms with E-state index in [1.165, 1.54) is 66.3 Å². The van der Waals surface area contributed by atoms with Crippen molar-refractivity contribution in [3.8, 4) is 28.7 Å². The van der Waals surface area contributed by atoms with E-state index >= 15 is 0 Å². The van der Waals surface area contributed by atoms with E-state index < -0.39 is 37.5 Å². The summed E-state index contributed by atoms with van der Waals surface area (Å²) in [6.07, 6.45) is 13.4. The molecule has 2 saturated carbocycles. The molecule has 13 heteroatoms. The Bertz CT molecular complexity index is 2910. The van der Waals surface area contributed by atoms with Crippen LogP contribution >= 0.6 is 0 Å². The first-order chi connectivity index (χ1) is 37.4. The van der Waals surface area contributed by atoms with E-state index in [0.29, 0.717) is 28.6 Å². The molecule has 2 aliphatic carbocycles. The summed E-state index contributed by atoms with van der Waals surface area (Å²) >= 11 is 0. The molecule has 1 N–H and O–H groups in total. The highest BCUT2D eigenvalue weighted by molar-refractivity contribution is 6.87. The Kier molecular flexibility index (Phi) is 19.4. The number of ether oxygens (including phenoxy) is 5. The van der Waals surface area contributed by atoms with Crippen molar-refractivity contribution < 1.29 is 46.6 Å². The topological polar surface area (TPSA) is 119 Å². The van der Waals surface area contributed by atoms with Crippen molar-refractivity contribution in [3.05, 3.63) is 184 Å². The van der Waals surface area contributed by atoms with Gasteiger partial charge in [-0.05, 0) is 192 Å². The molecule has 0 aromatic heterocycles. The summed E-state index contributed by atoms with van der Waals surface area (Å²) in [5.41, 5.74) is 8.99. The molecule has 78 heavy (non-hydrogen) atoms. The van der Waals surface area contributed by atoms with Crippen molar-refractivity contribution in [2.45, 2.75) is 166 Å². The quantitative estimate of drug-likeness (QED) is 0.0400. The van der Waals surface area contributed by atoms with Crippen LogP contribution in [-0.4, -0.2) is 49.7 Å². The van der Waals surface area contributed by atoms with E-state index in [1.54, 1.807) is 19.2 Å². The third-order valence-electron chi connectivity index (χ3n) is 16.0. The minimum atomic E-state index is -2.47. The SMILES string of the molecule is COc1cc(CCC[Si](C)(C)O[Si](C)(C)O[Si](C)(C)CCCc2ccc(OC(=O)Oc3ccc(C4(c5ccccc5)CCCCC4)cc3)c(CO)c2)ccc1OC(=O)Oc1ccc(C2(c3ccc(C)cc3)CCCCC2)cc1. The van der Waals surface area contributed by atoms with Gasteiger partial charge < -0.3 is 37.0 Å². The summed E-state index contributed by atoms with van der Waals surface area (Å²) in [5.74, 6) is 1.90. The summed E-state index contributed by atoms with van der Waals surface area (Å²) < 4.78 is 42.2. The zero-order valence-electron chi connectivity index (χ0n) is 47.4. The molecule has 2 fully saturated rings. The Labute approximate surface area is 467 Å². The number of carbonyl (C=O) groups excluding carboxylic acids is 2. The molecule has 0 spiro atoms. The molecule has 0 radical (unpaired) electrons. The zero-order valence-corrected chi connectivity index (χ0v) is 50.4. The standard InChI is InChI=1S/C65H82O10Si3/c1-49-24-28-54(29-25-49)65(42-16-11-17-43-65)56-32-36-58(37-33-56)71-63(68)73-60-39-27-51(47-61(60)69-2)21-19-45-77(5,6)75-78(7,8)74-76(3,4)44-18-20-50-26-38-59(52(46-50)48-66)72-62(67)70-57-34-30-55(31-35-57)64(40-14-10-15-41-64)53-22-12-9-13-23-53/h9,12-13,22-39,46-47,66H,10-11,14-21,40-45,48H2,1-8H3. The van der Waals surface area contributed by atoms with Crippen LogP contribution in [0.25, 0.3) is 0 Å². The van der Waals surface area contributed by atoms with Crippen LogP contribution in [0, 0.1) is 6.92 Å². The zero-order chi connectivity index (χ0) is 55.4. The number of rotatable bonds is 22. The van der Waals surface area contributed by atoms with E-state index in [1.807, 2.05) is 48.5 Å². The summed E-state index contributed by atoms with van der Waals surface area (Å²) in [6.45, 7) is 15.3. The number of hydrogen-bond donors (Lipinski definition) is 1. The highest BCUT2D eigenvalue weighted by Gasteiger charge is 2.40. The molecule has 6 aromatic carbocycles. The molecule has 0 atom stereocenters. The fourth-order valence-electron chi connectivity index (χ4n) is 12.4. The number of benzene rings is 6. The van der Waals surface area contributed by atoms with Gasteiger partial charge in [-0.25, -0.2) is 9.59 Å². The van der Waals surface area contributed by atoms with E-state index in [2.05, 4.69) is 125 Å². The Morgan fingerprint density at radius 1 is 0.487 bits per heavy atom. The van der Waals surface area contributed by atoms with Gasteiger partial charge in [0.25, 0.3) is 0 Å². The van der Waals surface area contributed by atoms with Crippen molar-refractivity contribution in [1.82, 2.24) is 0 Å². The number of methoxy groups -OCH3 is 1. The number of carbonyl (C=O) groups is 2. The van der Waals surface area contributed by atoms with Crippen LogP contribution in [-0.2, 0) is 38.5 Å². The van der Waals surface area contributed by atoms with E-state index in [4.69, 9.17) is 31.9 Å². The molecule has 0 heterocycles. The fourth-order valence-corrected chi connectivity index (χ4v) is 26.4. The normalized spacial score (nSPS) is 15.5. The molecule has 0 bridgehead atoms. The second-order valence-corrected chi connectivity index (χ2v) is 35.9. The van der Waals surface area contributed by atoms with Gasteiger partial charge in [-0.1, -0.05) is 135 Å². The van der Waals surface area contributed by atoms with Gasteiger partial charge in [0.1, 0.15) is 17.2 Å². The van der Waals surface area contributed by atoms with Crippen LogP contribution in [0.3, 0.4) is 0 Å². The lowest BCUT2D eigenvalue weighted by molar-refractivity contribution is 0.149.